The van der Waals surface area contributed by atoms with Crippen molar-refractivity contribution in [3.63, 3.8) is 0 Å². The van der Waals surface area contributed by atoms with Crippen LogP contribution in [-0.4, -0.2) is 6.54 Å². The van der Waals surface area contributed by atoms with Crippen LogP contribution in [-0.2, 0) is 0 Å². The first-order valence-corrected chi connectivity index (χ1v) is 14.1. The van der Waals surface area contributed by atoms with Gasteiger partial charge in [0, 0.05) is 0 Å². The van der Waals surface area contributed by atoms with E-state index >= 15 is 0 Å². The fourth-order valence-electron chi connectivity index (χ4n) is 4.02. The number of hydrogen-bond acceptors (Lipinski definition) is 1. The first-order valence-electron chi connectivity index (χ1n) is 14.1. The minimum absolute atomic E-state index is 0. The van der Waals surface area contributed by atoms with E-state index in [-0.39, 0.29) is 12.4 Å². The Labute approximate surface area is 205 Å². The van der Waals surface area contributed by atoms with Crippen LogP contribution in [0, 0.1) is 5.92 Å². The lowest BCUT2D eigenvalue weighted by molar-refractivity contribution is 0.522. The summed E-state index contributed by atoms with van der Waals surface area (Å²) in [6.07, 6.45) is 33.3. The third kappa shape index (κ3) is 34.8. The van der Waals surface area contributed by atoms with Crippen LogP contribution in [0.2, 0.25) is 0 Å². The molecule has 0 bridgehead atoms. The quantitative estimate of drug-likeness (QED) is 0.119. The summed E-state index contributed by atoms with van der Waals surface area (Å²) in [6, 6.07) is 0. The van der Waals surface area contributed by atoms with E-state index in [4.69, 9.17) is 5.73 Å². The lowest BCUT2D eigenvalue weighted by Gasteiger charge is -2.04. The maximum Gasteiger partial charge on any atom is -0.00773 e. The van der Waals surface area contributed by atoms with Gasteiger partial charge in [-0.25, -0.2) is 0 Å². The van der Waals surface area contributed by atoms with Crippen molar-refractivity contribution in [3.05, 3.63) is 12.7 Å². The third-order valence-corrected chi connectivity index (χ3v) is 6.44. The second kappa shape index (κ2) is 34.6. The molecule has 31 heavy (non-hydrogen) atoms. The molecule has 0 aliphatic heterocycles. The van der Waals surface area contributed by atoms with Gasteiger partial charge in [0.2, 0.25) is 0 Å². The number of hydrogen-bond donors (Lipinski definition) is 1. The Bertz CT molecular complexity index is 268. The second-order valence-corrected chi connectivity index (χ2v) is 9.32. The minimum Gasteiger partial charge on any atom is -0.330 e. The molecule has 0 amide bonds. The third-order valence-electron chi connectivity index (χ3n) is 6.44. The molecular formula is C29H62ClN. The molecule has 0 heterocycles. The van der Waals surface area contributed by atoms with Crippen LogP contribution in [0.3, 0.4) is 0 Å². The van der Waals surface area contributed by atoms with Crippen molar-refractivity contribution in [3.8, 4) is 0 Å². The SMILES string of the molecule is C=CC(CC)CC.CCCCCCCCCCCCCCCCCCCCCCN.Cl. The van der Waals surface area contributed by atoms with Crippen LogP contribution < -0.4 is 5.73 Å². The molecule has 0 atom stereocenters. The van der Waals surface area contributed by atoms with Crippen LogP contribution in [0.4, 0.5) is 0 Å². The van der Waals surface area contributed by atoms with Gasteiger partial charge in [0.1, 0.15) is 0 Å². The molecule has 0 spiro atoms. The number of unbranched alkanes of at least 4 members (excludes halogenated alkanes) is 19. The summed E-state index contributed by atoms with van der Waals surface area (Å²) >= 11 is 0. The van der Waals surface area contributed by atoms with Crippen LogP contribution in [0.1, 0.15) is 162 Å². The molecule has 0 saturated carbocycles. The average Bonchev–Trinajstić information content (AvgIpc) is 2.77. The maximum atomic E-state index is 5.51. The van der Waals surface area contributed by atoms with E-state index in [1.807, 2.05) is 6.08 Å². The van der Waals surface area contributed by atoms with E-state index in [0.717, 1.165) is 12.5 Å². The summed E-state index contributed by atoms with van der Waals surface area (Å²) in [6.45, 7) is 11.3. The van der Waals surface area contributed by atoms with Crippen molar-refractivity contribution in [2.75, 3.05) is 6.54 Å². The Balaban J connectivity index is -0.000000840. The normalized spacial score (nSPS) is 10.5. The highest BCUT2D eigenvalue weighted by atomic mass is 35.5. The zero-order chi connectivity index (χ0) is 22.5. The van der Waals surface area contributed by atoms with Crippen LogP contribution >= 0.6 is 12.4 Å². The molecule has 2 heteroatoms. The standard InChI is InChI=1S/C22H47N.C7H14.ClH/c1-2-3-4-5-6-7-8-9-10-11-12-13-14-15-16-17-18-19-20-21-22-23;1-4-7(5-2)6-3;/h2-23H2,1H3;4,7H,1,5-6H2,2-3H3;1H. The Morgan fingerprint density at radius 1 is 0.516 bits per heavy atom. The molecular weight excluding hydrogens is 398 g/mol. The van der Waals surface area contributed by atoms with Crippen molar-refractivity contribution in [1.82, 2.24) is 0 Å². The predicted molar refractivity (Wildman–Crippen MR) is 149 cm³/mol. The van der Waals surface area contributed by atoms with Crippen molar-refractivity contribution >= 4 is 12.4 Å². The molecule has 190 valence electrons. The van der Waals surface area contributed by atoms with Gasteiger partial charge in [0.15, 0.2) is 0 Å². The van der Waals surface area contributed by atoms with Crippen LogP contribution in [0.25, 0.3) is 0 Å². The zero-order valence-corrected chi connectivity index (χ0v) is 22.9. The summed E-state index contributed by atoms with van der Waals surface area (Å²) in [4.78, 5) is 0. The number of allylic oxidation sites excluding steroid dienone is 1. The highest BCUT2D eigenvalue weighted by Gasteiger charge is 1.95. The number of rotatable bonds is 23. The first kappa shape index (κ1) is 35.6. The van der Waals surface area contributed by atoms with Gasteiger partial charge in [-0.15, -0.1) is 19.0 Å². The van der Waals surface area contributed by atoms with Crippen molar-refractivity contribution < 1.29 is 0 Å². The zero-order valence-electron chi connectivity index (χ0n) is 22.1. The Kier molecular flexibility index (Phi) is 39.7. The van der Waals surface area contributed by atoms with E-state index in [1.54, 1.807) is 0 Å². The Hall–Kier alpha value is -0.0100. The van der Waals surface area contributed by atoms with Crippen molar-refractivity contribution in [1.29, 1.82) is 0 Å². The predicted octanol–water partition coefficient (Wildman–Crippen LogP) is 10.8. The Morgan fingerprint density at radius 2 is 0.774 bits per heavy atom. The molecule has 0 unspecified atom stereocenters. The molecule has 0 fully saturated rings. The molecule has 0 aromatic carbocycles. The highest BCUT2D eigenvalue weighted by Crippen LogP contribution is 2.14. The maximum absolute atomic E-state index is 5.51. The summed E-state index contributed by atoms with van der Waals surface area (Å²) in [7, 11) is 0. The molecule has 1 nitrogen and oxygen atoms in total. The second-order valence-electron chi connectivity index (χ2n) is 9.32. The molecule has 0 aliphatic carbocycles. The van der Waals surface area contributed by atoms with E-state index in [2.05, 4.69) is 27.4 Å². The van der Waals surface area contributed by atoms with Gasteiger partial charge in [0.05, 0.1) is 0 Å². The van der Waals surface area contributed by atoms with Gasteiger partial charge >= 0.3 is 0 Å². The highest BCUT2D eigenvalue weighted by molar-refractivity contribution is 5.85. The van der Waals surface area contributed by atoms with Gasteiger partial charge in [-0.2, -0.15) is 0 Å². The number of nitrogens with two attached hydrogens (primary N) is 1. The Morgan fingerprint density at radius 3 is 0.935 bits per heavy atom. The number of halogens is 1. The molecule has 2 N–H and O–H groups in total. The smallest absolute Gasteiger partial charge is 0.00773 e. The largest absolute Gasteiger partial charge is 0.330 e. The van der Waals surface area contributed by atoms with E-state index in [1.165, 1.54) is 141 Å². The fraction of sp³-hybridized carbons (Fsp3) is 0.931. The van der Waals surface area contributed by atoms with Crippen LogP contribution in [0.5, 0.6) is 0 Å². The summed E-state index contributed by atoms with van der Waals surface area (Å²) in [5, 5.41) is 0. The summed E-state index contributed by atoms with van der Waals surface area (Å²) < 4.78 is 0. The van der Waals surface area contributed by atoms with E-state index in [0.29, 0.717) is 0 Å². The molecule has 0 rings (SSSR count). The van der Waals surface area contributed by atoms with Crippen molar-refractivity contribution in [2.24, 2.45) is 11.7 Å². The summed E-state index contributed by atoms with van der Waals surface area (Å²) in [5.74, 6) is 0.750. The van der Waals surface area contributed by atoms with E-state index in [9.17, 15) is 0 Å². The lowest BCUT2D eigenvalue weighted by atomic mass is 10.0. The lowest BCUT2D eigenvalue weighted by Crippen LogP contribution is -1.97. The first-order chi connectivity index (χ1) is 14.8. The molecule has 0 radical (unpaired) electrons. The molecule has 0 aromatic heterocycles. The summed E-state index contributed by atoms with van der Waals surface area (Å²) in [5.41, 5.74) is 5.51. The van der Waals surface area contributed by atoms with Gasteiger partial charge in [0.25, 0.3) is 0 Å². The van der Waals surface area contributed by atoms with Gasteiger partial charge in [-0.05, 0) is 31.7 Å². The molecule has 0 saturated heterocycles. The van der Waals surface area contributed by atoms with Gasteiger partial charge < -0.3 is 5.73 Å². The fourth-order valence-corrected chi connectivity index (χ4v) is 4.02. The van der Waals surface area contributed by atoms with Crippen molar-refractivity contribution in [2.45, 2.75) is 162 Å². The topological polar surface area (TPSA) is 26.0 Å². The van der Waals surface area contributed by atoms with Crippen LogP contribution in [0.15, 0.2) is 12.7 Å². The molecule has 0 aliphatic rings. The average molecular weight is 460 g/mol. The van der Waals surface area contributed by atoms with Gasteiger partial charge in [-0.1, -0.05) is 149 Å². The monoisotopic (exact) mass is 459 g/mol. The van der Waals surface area contributed by atoms with E-state index < -0.39 is 0 Å². The minimum atomic E-state index is 0. The van der Waals surface area contributed by atoms with Gasteiger partial charge in [-0.3, -0.25) is 0 Å². The molecule has 0 aromatic rings.